The molecule has 1 aromatic heterocycles. The molecule has 1 N–H and O–H groups in total. The van der Waals surface area contributed by atoms with Crippen LogP contribution >= 0.6 is 11.3 Å². The lowest BCUT2D eigenvalue weighted by Gasteiger charge is -2.36. The van der Waals surface area contributed by atoms with Gasteiger partial charge in [-0.05, 0) is 19.4 Å². The van der Waals surface area contributed by atoms with E-state index in [0.29, 0.717) is 6.04 Å². The number of aromatic nitrogens is 1. The van der Waals surface area contributed by atoms with E-state index in [1.807, 2.05) is 0 Å². The van der Waals surface area contributed by atoms with Crippen LogP contribution in [0.2, 0.25) is 0 Å². The summed E-state index contributed by atoms with van der Waals surface area (Å²) in [7, 11) is 3.91. The second kappa shape index (κ2) is 8.68. The number of anilines is 1. The van der Waals surface area contributed by atoms with E-state index in [-0.39, 0.29) is 0 Å². The van der Waals surface area contributed by atoms with E-state index in [0.717, 1.165) is 30.5 Å². The molecule has 1 saturated heterocycles. The molecule has 0 radical (unpaired) electrons. The molecule has 1 aromatic rings. The Morgan fingerprint density at radius 3 is 2.90 bits per heavy atom. The average molecular weight is 312 g/mol. The zero-order valence-electron chi connectivity index (χ0n) is 13.5. The molecule has 0 saturated carbocycles. The van der Waals surface area contributed by atoms with Crippen molar-refractivity contribution in [3.63, 3.8) is 0 Å². The summed E-state index contributed by atoms with van der Waals surface area (Å²) in [5.41, 5.74) is 1.13. The predicted molar refractivity (Wildman–Crippen MR) is 89.2 cm³/mol. The molecule has 21 heavy (non-hydrogen) atoms. The topological polar surface area (TPSA) is 40.6 Å². The summed E-state index contributed by atoms with van der Waals surface area (Å²) in [5, 5.41) is 6.65. The van der Waals surface area contributed by atoms with Crippen LogP contribution < -0.4 is 10.2 Å². The third-order valence-corrected chi connectivity index (χ3v) is 5.16. The maximum atomic E-state index is 5.03. The molecule has 1 fully saturated rings. The summed E-state index contributed by atoms with van der Waals surface area (Å²) in [4.78, 5) is 9.65. The monoisotopic (exact) mass is 312 g/mol. The first-order valence-electron chi connectivity index (χ1n) is 7.83. The first kappa shape index (κ1) is 16.7. The SMILES string of the molecule is CCN1CCC(N(C)c2nc(CNCCOC)cs2)CC1. The number of piperidine rings is 1. The highest BCUT2D eigenvalue weighted by molar-refractivity contribution is 7.13. The van der Waals surface area contributed by atoms with Gasteiger partial charge in [0.1, 0.15) is 0 Å². The van der Waals surface area contributed by atoms with Gasteiger partial charge in [0.25, 0.3) is 0 Å². The fourth-order valence-corrected chi connectivity index (χ4v) is 3.57. The molecule has 2 rings (SSSR count). The first-order valence-corrected chi connectivity index (χ1v) is 8.71. The van der Waals surface area contributed by atoms with Crippen molar-refractivity contribution in [1.29, 1.82) is 0 Å². The molecule has 5 nitrogen and oxygen atoms in total. The lowest BCUT2D eigenvalue weighted by molar-refractivity contribution is 0.199. The van der Waals surface area contributed by atoms with Gasteiger partial charge in [0.15, 0.2) is 5.13 Å². The van der Waals surface area contributed by atoms with Gasteiger partial charge in [-0.2, -0.15) is 0 Å². The predicted octanol–water partition coefficient (Wildman–Crippen LogP) is 1.80. The van der Waals surface area contributed by atoms with Crippen LogP contribution in [0.5, 0.6) is 0 Å². The third-order valence-electron chi connectivity index (χ3n) is 4.18. The van der Waals surface area contributed by atoms with Gasteiger partial charge in [0, 0.05) is 51.8 Å². The number of rotatable bonds is 8. The number of thiazole rings is 1. The van der Waals surface area contributed by atoms with E-state index in [4.69, 9.17) is 9.72 Å². The Balaban J connectivity index is 1.80. The molecule has 2 heterocycles. The Morgan fingerprint density at radius 1 is 1.48 bits per heavy atom. The fraction of sp³-hybridized carbons (Fsp3) is 0.800. The van der Waals surface area contributed by atoms with E-state index >= 15 is 0 Å². The largest absolute Gasteiger partial charge is 0.383 e. The molecular weight excluding hydrogens is 284 g/mol. The molecule has 0 amide bonds. The van der Waals surface area contributed by atoms with Crippen LogP contribution in [-0.2, 0) is 11.3 Å². The van der Waals surface area contributed by atoms with E-state index in [9.17, 15) is 0 Å². The summed E-state index contributed by atoms with van der Waals surface area (Å²) in [6.45, 7) is 8.27. The van der Waals surface area contributed by atoms with Crippen molar-refractivity contribution in [2.45, 2.75) is 32.4 Å². The van der Waals surface area contributed by atoms with Gasteiger partial charge in [-0.1, -0.05) is 6.92 Å². The maximum Gasteiger partial charge on any atom is 0.185 e. The molecule has 0 aliphatic carbocycles. The number of nitrogens with zero attached hydrogens (tertiary/aromatic N) is 3. The number of nitrogens with one attached hydrogen (secondary N) is 1. The quantitative estimate of drug-likeness (QED) is 0.741. The molecule has 120 valence electrons. The lowest BCUT2D eigenvalue weighted by atomic mass is 10.0. The Hall–Kier alpha value is -0.690. The van der Waals surface area contributed by atoms with Crippen molar-refractivity contribution in [3.05, 3.63) is 11.1 Å². The smallest absolute Gasteiger partial charge is 0.185 e. The van der Waals surface area contributed by atoms with Gasteiger partial charge in [0.05, 0.1) is 12.3 Å². The molecule has 0 aromatic carbocycles. The van der Waals surface area contributed by atoms with Crippen LogP contribution in [-0.4, -0.2) is 62.9 Å². The van der Waals surface area contributed by atoms with Crippen molar-refractivity contribution in [3.8, 4) is 0 Å². The normalized spacial score (nSPS) is 17.3. The number of hydrogen-bond donors (Lipinski definition) is 1. The Labute approximate surface area is 132 Å². The minimum absolute atomic E-state index is 0.633. The Bertz CT molecular complexity index is 404. The number of hydrogen-bond acceptors (Lipinski definition) is 6. The third kappa shape index (κ3) is 4.92. The molecule has 0 unspecified atom stereocenters. The minimum Gasteiger partial charge on any atom is -0.383 e. The summed E-state index contributed by atoms with van der Waals surface area (Å²) < 4.78 is 5.03. The summed E-state index contributed by atoms with van der Waals surface area (Å²) >= 11 is 1.75. The van der Waals surface area contributed by atoms with Crippen LogP contribution in [0.3, 0.4) is 0 Å². The van der Waals surface area contributed by atoms with Gasteiger partial charge >= 0.3 is 0 Å². The van der Waals surface area contributed by atoms with Crippen LogP contribution in [0, 0.1) is 0 Å². The highest BCUT2D eigenvalue weighted by Gasteiger charge is 2.23. The van der Waals surface area contributed by atoms with E-state index < -0.39 is 0 Å². The zero-order chi connectivity index (χ0) is 15.1. The highest BCUT2D eigenvalue weighted by atomic mass is 32.1. The maximum absolute atomic E-state index is 5.03. The number of methoxy groups -OCH3 is 1. The van der Waals surface area contributed by atoms with Gasteiger partial charge in [0.2, 0.25) is 0 Å². The van der Waals surface area contributed by atoms with Gasteiger partial charge in [-0.25, -0.2) is 4.98 Å². The first-order chi connectivity index (χ1) is 10.2. The van der Waals surface area contributed by atoms with Gasteiger partial charge in [-0.3, -0.25) is 0 Å². The zero-order valence-corrected chi connectivity index (χ0v) is 14.3. The summed E-state index contributed by atoms with van der Waals surface area (Å²) in [6.07, 6.45) is 2.48. The highest BCUT2D eigenvalue weighted by Crippen LogP contribution is 2.25. The van der Waals surface area contributed by atoms with E-state index in [1.165, 1.54) is 32.5 Å². The van der Waals surface area contributed by atoms with Crippen molar-refractivity contribution >= 4 is 16.5 Å². The van der Waals surface area contributed by atoms with E-state index in [1.54, 1.807) is 18.4 Å². The molecule has 0 spiro atoms. The molecular formula is C15H28N4OS. The van der Waals surface area contributed by atoms with Crippen molar-refractivity contribution in [2.24, 2.45) is 0 Å². The molecule has 1 aliphatic heterocycles. The Kier molecular flexibility index (Phi) is 6.89. The minimum atomic E-state index is 0.633. The lowest BCUT2D eigenvalue weighted by Crippen LogP contribution is -2.43. The van der Waals surface area contributed by atoms with Crippen molar-refractivity contribution < 1.29 is 4.74 Å². The van der Waals surface area contributed by atoms with Gasteiger partial charge in [-0.15, -0.1) is 11.3 Å². The number of likely N-dealkylation sites (tertiary alicyclic amines) is 1. The summed E-state index contributed by atoms with van der Waals surface area (Å²) in [6, 6.07) is 0.633. The molecule has 0 atom stereocenters. The van der Waals surface area contributed by atoms with Crippen molar-refractivity contribution in [1.82, 2.24) is 15.2 Å². The van der Waals surface area contributed by atoms with Crippen LogP contribution in [0.1, 0.15) is 25.5 Å². The molecule has 1 aliphatic rings. The Morgan fingerprint density at radius 2 is 2.24 bits per heavy atom. The second-order valence-corrected chi connectivity index (χ2v) is 6.40. The molecule has 6 heteroatoms. The average Bonchev–Trinajstić information content (AvgIpc) is 3.00. The van der Waals surface area contributed by atoms with Crippen LogP contribution in [0.4, 0.5) is 5.13 Å². The van der Waals surface area contributed by atoms with E-state index in [2.05, 4.69) is 34.5 Å². The fourth-order valence-electron chi connectivity index (χ4n) is 2.71. The summed E-state index contributed by atoms with van der Waals surface area (Å²) in [5.74, 6) is 0. The second-order valence-electron chi connectivity index (χ2n) is 5.57. The van der Waals surface area contributed by atoms with Crippen LogP contribution in [0.15, 0.2) is 5.38 Å². The van der Waals surface area contributed by atoms with Crippen LogP contribution in [0.25, 0.3) is 0 Å². The number of ether oxygens (including phenoxy) is 1. The van der Waals surface area contributed by atoms with Crippen molar-refractivity contribution in [2.75, 3.05) is 51.8 Å². The standard InChI is InChI=1S/C15H28N4OS/c1-4-19-8-5-14(6-9-19)18(2)15-17-13(12-21-15)11-16-7-10-20-3/h12,14,16H,4-11H2,1-3H3. The molecule has 0 bridgehead atoms. The van der Waals surface area contributed by atoms with Gasteiger partial charge < -0.3 is 19.9 Å².